The molecule has 1 rings (SSSR count). The molecular weight excluding hydrogens is 232 g/mol. The summed E-state index contributed by atoms with van der Waals surface area (Å²) in [6, 6.07) is -0.480. The first-order valence-corrected chi connectivity index (χ1v) is 6.51. The molecule has 18 heavy (non-hydrogen) atoms. The molecule has 0 saturated carbocycles. The molecule has 0 aromatic rings. The molecule has 0 aliphatic carbocycles. The van der Waals surface area contributed by atoms with Gasteiger partial charge in [-0.05, 0) is 33.1 Å². The van der Waals surface area contributed by atoms with Crippen LogP contribution in [0, 0.1) is 5.92 Å². The number of carbonyl (C=O) groups excluding carboxylic acids is 2. The van der Waals surface area contributed by atoms with E-state index in [1.807, 2.05) is 27.7 Å². The second-order valence-electron chi connectivity index (χ2n) is 5.83. The normalized spacial score (nSPS) is 25.2. The van der Waals surface area contributed by atoms with Crippen LogP contribution < -0.4 is 5.73 Å². The van der Waals surface area contributed by atoms with Gasteiger partial charge in [0.05, 0.1) is 6.04 Å². The standard InChI is InChI=1S/C13H24N2O3/c1-5-9-6-7-15(12(17)11(9)14)8-10(16)18-13(2,3)4/h9,11H,5-8,14H2,1-4H3/t9-,11+/m1/s1. The zero-order valence-corrected chi connectivity index (χ0v) is 11.7. The first-order chi connectivity index (χ1) is 8.24. The molecule has 1 aliphatic heterocycles. The predicted octanol–water partition coefficient (Wildman–Crippen LogP) is 0.914. The Kier molecular flexibility index (Phi) is 4.73. The third-order valence-corrected chi connectivity index (χ3v) is 3.14. The smallest absolute Gasteiger partial charge is 0.326 e. The van der Waals surface area contributed by atoms with Crippen LogP contribution in [-0.4, -0.2) is 41.5 Å². The number of likely N-dealkylation sites (tertiary alicyclic amines) is 1. The number of hydrogen-bond donors (Lipinski definition) is 1. The molecule has 1 fully saturated rings. The van der Waals surface area contributed by atoms with Crippen LogP contribution in [0.4, 0.5) is 0 Å². The van der Waals surface area contributed by atoms with Gasteiger partial charge in [-0.25, -0.2) is 0 Å². The summed E-state index contributed by atoms with van der Waals surface area (Å²) in [5.74, 6) is -0.288. The van der Waals surface area contributed by atoms with E-state index in [-0.39, 0.29) is 24.3 Å². The van der Waals surface area contributed by atoms with Crippen molar-refractivity contribution >= 4 is 11.9 Å². The Hall–Kier alpha value is -1.10. The first-order valence-electron chi connectivity index (χ1n) is 6.51. The van der Waals surface area contributed by atoms with Gasteiger partial charge in [-0.2, -0.15) is 0 Å². The summed E-state index contributed by atoms with van der Waals surface area (Å²) in [5, 5.41) is 0. The van der Waals surface area contributed by atoms with Crippen LogP contribution in [0.5, 0.6) is 0 Å². The lowest BCUT2D eigenvalue weighted by atomic mass is 9.89. The fraction of sp³-hybridized carbons (Fsp3) is 0.846. The van der Waals surface area contributed by atoms with Crippen molar-refractivity contribution in [1.29, 1.82) is 0 Å². The molecule has 1 saturated heterocycles. The maximum Gasteiger partial charge on any atom is 0.326 e. The van der Waals surface area contributed by atoms with Gasteiger partial charge in [0, 0.05) is 6.54 Å². The molecule has 0 radical (unpaired) electrons. The van der Waals surface area contributed by atoms with Crippen LogP contribution in [0.25, 0.3) is 0 Å². The van der Waals surface area contributed by atoms with Crippen LogP contribution >= 0.6 is 0 Å². The van der Waals surface area contributed by atoms with Crippen LogP contribution in [0.2, 0.25) is 0 Å². The van der Waals surface area contributed by atoms with E-state index in [2.05, 4.69) is 0 Å². The maximum absolute atomic E-state index is 12.0. The predicted molar refractivity (Wildman–Crippen MR) is 68.8 cm³/mol. The van der Waals surface area contributed by atoms with Gasteiger partial charge < -0.3 is 15.4 Å². The lowest BCUT2D eigenvalue weighted by Gasteiger charge is -2.35. The molecule has 1 heterocycles. The number of esters is 1. The topological polar surface area (TPSA) is 72.6 Å². The summed E-state index contributed by atoms with van der Waals surface area (Å²) in [4.78, 5) is 25.2. The summed E-state index contributed by atoms with van der Waals surface area (Å²) >= 11 is 0. The van der Waals surface area contributed by atoms with Crippen LogP contribution in [0.15, 0.2) is 0 Å². The highest BCUT2D eigenvalue weighted by molar-refractivity contribution is 5.86. The number of carbonyl (C=O) groups is 2. The Labute approximate surface area is 109 Å². The van der Waals surface area contributed by atoms with Crippen molar-refractivity contribution in [2.75, 3.05) is 13.1 Å². The lowest BCUT2D eigenvalue weighted by Crippen LogP contribution is -2.54. The van der Waals surface area contributed by atoms with E-state index in [0.29, 0.717) is 6.54 Å². The zero-order valence-electron chi connectivity index (χ0n) is 11.7. The van der Waals surface area contributed by atoms with Gasteiger partial charge in [-0.1, -0.05) is 13.3 Å². The van der Waals surface area contributed by atoms with Crippen molar-refractivity contribution in [1.82, 2.24) is 4.90 Å². The monoisotopic (exact) mass is 256 g/mol. The van der Waals surface area contributed by atoms with Gasteiger partial charge in [0.1, 0.15) is 12.1 Å². The van der Waals surface area contributed by atoms with Gasteiger partial charge in [-0.15, -0.1) is 0 Å². The maximum atomic E-state index is 12.0. The quantitative estimate of drug-likeness (QED) is 0.762. The van der Waals surface area contributed by atoms with Crippen molar-refractivity contribution in [3.05, 3.63) is 0 Å². The number of piperidine rings is 1. The molecule has 2 atom stereocenters. The first kappa shape index (κ1) is 15.0. The number of ether oxygens (including phenoxy) is 1. The Morgan fingerprint density at radius 2 is 2.11 bits per heavy atom. The Morgan fingerprint density at radius 3 is 2.61 bits per heavy atom. The molecule has 104 valence electrons. The highest BCUT2D eigenvalue weighted by atomic mass is 16.6. The molecule has 1 aliphatic rings. The molecule has 5 nitrogen and oxygen atoms in total. The van der Waals surface area contributed by atoms with Gasteiger partial charge >= 0.3 is 5.97 Å². The van der Waals surface area contributed by atoms with E-state index in [4.69, 9.17) is 10.5 Å². The Bertz CT molecular complexity index is 323. The highest BCUT2D eigenvalue weighted by Gasteiger charge is 2.34. The van der Waals surface area contributed by atoms with E-state index in [1.165, 1.54) is 4.90 Å². The Balaban J connectivity index is 2.54. The number of rotatable bonds is 3. The van der Waals surface area contributed by atoms with Gasteiger partial charge in [0.15, 0.2) is 0 Å². The number of amides is 1. The SMILES string of the molecule is CC[C@@H]1CCN(CC(=O)OC(C)(C)C)C(=O)[C@H]1N. The van der Waals surface area contributed by atoms with Crippen molar-refractivity contribution in [2.24, 2.45) is 11.7 Å². The summed E-state index contributed by atoms with van der Waals surface area (Å²) in [6.45, 7) is 8.04. The fourth-order valence-electron chi connectivity index (χ4n) is 2.17. The van der Waals surface area contributed by atoms with Crippen molar-refractivity contribution < 1.29 is 14.3 Å². The minimum atomic E-state index is -0.524. The number of nitrogens with two attached hydrogens (primary N) is 1. The van der Waals surface area contributed by atoms with E-state index in [9.17, 15) is 9.59 Å². The summed E-state index contributed by atoms with van der Waals surface area (Å²) in [6.07, 6.45) is 1.75. The van der Waals surface area contributed by atoms with E-state index in [1.54, 1.807) is 0 Å². The number of nitrogens with zero attached hydrogens (tertiary/aromatic N) is 1. The minimum Gasteiger partial charge on any atom is -0.459 e. The molecule has 0 bridgehead atoms. The average Bonchev–Trinajstić information content (AvgIpc) is 2.22. The largest absolute Gasteiger partial charge is 0.459 e. The molecule has 0 unspecified atom stereocenters. The van der Waals surface area contributed by atoms with Crippen molar-refractivity contribution in [3.63, 3.8) is 0 Å². The highest BCUT2D eigenvalue weighted by Crippen LogP contribution is 2.20. The third kappa shape index (κ3) is 3.98. The van der Waals surface area contributed by atoms with Gasteiger partial charge in [0.2, 0.25) is 5.91 Å². The van der Waals surface area contributed by atoms with Crippen LogP contribution in [0.3, 0.4) is 0 Å². The average molecular weight is 256 g/mol. The minimum absolute atomic E-state index is 0.000236. The molecule has 5 heteroatoms. The van der Waals surface area contributed by atoms with Crippen molar-refractivity contribution in [2.45, 2.75) is 52.2 Å². The summed E-state index contributed by atoms with van der Waals surface area (Å²) in [7, 11) is 0. The molecule has 1 amide bonds. The summed E-state index contributed by atoms with van der Waals surface area (Å²) < 4.78 is 5.20. The van der Waals surface area contributed by atoms with Crippen LogP contribution in [-0.2, 0) is 14.3 Å². The Morgan fingerprint density at radius 1 is 1.50 bits per heavy atom. The van der Waals surface area contributed by atoms with Crippen molar-refractivity contribution in [3.8, 4) is 0 Å². The molecule has 0 aromatic heterocycles. The zero-order chi connectivity index (χ0) is 13.9. The number of hydrogen-bond acceptors (Lipinski definition) is 4. The summed E-state index contributed by atoms with van der Waals surface area (Å²) in [5.41, 5.74) is 5.36. The molecular formula is C13H24N2O3. The lowest BCUT2D eigenvalue weighted by molar-refractivity contribution is -0.160. The van der Waals surface area contributed by atoms with E-state index < -0.39 is 11.6 Å². The van der Waals surface area contributed by atoms with E-state index >= 15 is 0 Å². The molecule has 0 aromatic carbocycles. The van der Waals surface area contributed by atoms with Gasteiger partial charge in [0.25, 0.3) is 0 Å². The van der Waals surface area contributed by atoms with E-state index in [0.717, 1.165) is 12.8 Å². The third-order valence-electron chi connectivity index (χ3n) is 3.14. The molecule has 0 spiro atoms. The fourth-order valence-corrected chi connectivity index (χ4v) is 2.17. The van der Waals surface area contributed by atoms with Crippen LogP contribution in [0.1, 0.15) is 40.5 Å². The van der Waals surface area contributed by atoms with Gasteiger partial charge in [-0.3, -0.25) is 9.59 Å². The second kappa shape index (κ2) is 5.69. The molecule has 2 N–H and O–H groups in total. The second-order valence-corrected chi connectivity index (χ2v) is 5.83.